The van der Waals surface area contributed by atoms with Crippen LogP contribution in [0.15, 0.2) is 24.3 Å². The van der Waals surface area contributed by atoms with Gasteiger partial charge in [-0.05, 0) is 32.0 Å². The van der Waals surface area contributed by atoms with E-state index in [0.29, 0.717) is 10.7 Å². The van der Waals surface area contributed by atoms with Gasteiger partial charge in [0.2, 0.25) is 5.91 Å². The molecule has 0 saturated heterocycles. The fourth-order valence-corrected chi connectivity index (χ4v) is 2.22. The Morgan fingerprint density at radius 3 is 2.58 bits per heavy atom. The number of benzene rings is 1. The Labute approximate surface area is 118 Å². The predicted octanol–water partition coefficient (Wildman–Crippen LogP) is 1.89. The van der Waals surface area contributed by atoms with Crippen LogP contribution >= 0.6 is 11.6 Å². The summed E-state index contributed by atoms with van der Waals surface area (Å²) in [7, 11) is -1.81. The van der Waals surface area contributed by atoms with Gasteiger partial charge < -0.3 is 10.4 Å². The molecule has 0 bridgehead atoms. The van der Waals surface area contributed by atoms with Crippen molar-refractivity contribution in [3.8, 4) is 0 Å². The van der Waals surface area contributed by atoms with E-state index in [1.165, 1.54) is 13.8 Å². The molecule has 1 aromatic carbocycles. The van der Waals surface area contributed by atoms with E-state index >= 15 is 0 Å². The van der Waals surface area contributed by atoms with Gasteiger partial charge in [0.1, 0.15) is 10.5 Å². The molecule has 104 valence electrons. The normalized spacial score (nSPS) is 12.8. The fraction of sp³-hybridized carbons (Fsp3) is 0.333. The van der Waals surface area contributed by atoms with Crippen molar-refractivity contribution in [3.05, 3.63) is 29.3 Å². The van der Waals surface area contributed by atoms with Crippen molar-refractivity contribution in [1.82, 2.24) is 0 Å². The van der Waals surface area contributed by atoms with Gasteiger partial charge in [0.15, 0.2) is 0 Å². The molecule has 2 N–H and O–H groups in total. The number of nitrogens with one attached hydrogen (secondary N) is 1. The zero-order chi connectivity index (χ0) is 14.6. The number of hydrogen-bond donors (Lipinski definition) is 2. The summed E-state index contributed by atoms with van der Waals surface area (Å²) in [6.45, 7) is 2.64. The summed E-state index contributed by atoms with van der Waals surface area (Å²) in [6.07, 6.45) is 0. The molecule has 1 rings (SSSR count). The fourth-order valence-electron chi connectivity index (χ4n) is 1.16. The molecule has 5 nitrogen and oxygen atoms in total. The Morgan fingerprint density at radius 2 is 2.05 bits per heavy atom. The van der Waals surface area contributed by atoms with Gasteiger partial charge in [0.25, 0.3) is 0 Å². The summed E-state index contributed by atoms with van der Waals surface area (Å²) in [4.78, 5) is 22.6. The third-order valence-corrected chi connectivity index (χ3v) is 4.53. The number of carboxylic acid groups (broad SMARTS) is 1. The summed E-state index contributed by atoms with van der Waals surface area (Å²) in [5.74, 6) is -2.11. The maximum atomic E-state index is 11.8. The molecule has 0 fully saturated rings. The van der Waals surface area contributed by atoms with Gasteiger partial charge in [-0.2, -0.15) is 0 Å². The number of carbonyl (C=O) groups excluding carboxylic acids is 1. The second-order valence-electron chi connectivity index (χ2n) is 4.36. The zero-order valence-electron chi connectivity index (χ0n) is 10.5. The van der Waals surface area contributed by atoms with Crippen molar-refractivity contribution >= 4 is 40.0 Å². The van der Waals surface area contributed by atoms with Crippen LogP contribution in [0.1, 0.15) is 13.8 Å². The van der Waals surface area contributed by atoms with E-state index in [-0.39, 0.29) is 5.75 Å². The molecule has 0 heterocycles. The molecule has 0 radical (unpaired) electrons. The summed E-state index contributed by atoms with van der Waals surface area (Å²) in [6, 6.07) is 6.50. The summed E-state index contributed by atoms with van der Waals surface area (Å²) < 4.78 is 10.4. The highest BCUT2D eigenvalue weighted by Gasteiger charge is 2.35. The summed E-state index contributed by atoms with van der Waals surface area (Å²) in [5, 5.41) is 11.9. The highest BCUT2D eigenvalue weighted by atomic mass is 35.5. The van der Waals surface area contributed by atoms with Gasteiger partial charge in [0, 0.05) is 21.5 Å². The average Bonchev–Trinajstić information content (AvgIpc) is 2.28. The van der Waals surface area contributed by atoms with Crippen LogP contribution in [0.2, 0.25) is 5.02 Å². The van der Waals surface area contributed by atoms with E-state index in [0.717, 1.165) is 0 Å². The van der Waals surface area contributed by atoms with Crippen LogP contribution in [0.5, 0.6) is 0 Å². The zero-order valence-corrected chi connectivity index (χ0v) is 12.0. The average molecular weight is 304 g/mol. The third kappa shape index (κ3) is 4.33. The number of anilines is 1. The Morgan fingerprint density at radius 1 is 1.42 bits per heavy atom. The van der Waals surface area contributed by atoms with Crippen LogP contribution in [-0.4, -0.2) is 31.7 Å². The van der Waals surface area contributed by atoms with Gasteiger partial charge in [-0.25, -0.2) is 0 Å². The summed E-state index contributed by atoms with van der Waals surface area (Å²) in [5.41, 5.74) is 0.475. The molecule has 1 unspecified atom stereocenters. The van der Waals surface area contributed by atoms with Crippen molar-refractivity contribution in [2.75, 3.05) is 11.1 Å². The number of rotatable bonds is 5. The van der Waals surface area contributed by atoms with Crippen LogP contribution in [0.4, 0.5) is 5.69 Å². The Balaban J connectivity index is 2.66. The lowest BCUT2D eigenvalue weighted by Gasteiger charge is -2.18. The highest BCUT2D eigenvalue weighted by molar-refractivity contribution is 7.88. The molecule has 19 heavy (non-hydrogen) atoms. The molecule has 7 heteroatoms. The molecule has 0 aliphatic carbocycles. The van der Waals surface area contributed by atoms with Gasteiger partial charge in [-0.1, -0.05) is 17.7 Å². The van der Waals surface area contributed by atoms with E-state index in [4.69, 9.17) is 16.7 Å². The lowest BCUT2D eigenvalue weighted by atomic mass is 10.2. The minimum absolute atomic E-state index is 0.383. The summed E-state index contributed by atoms with van der Waals surface area (Å²) >= 11 is 5.76. The van der Waals surface area contributed by atoms with E-state index in [2.05, 4.69) is 5.32 Å². The molecule has 0 spiro atoms. The minimum atomic E-state index is -1.81. The third-order valence-electron chi connectivity index (χ3n) is 2.45. The SMILES string of the molecule is CC(C)(C(=O)O)S(=O)CC(=O)Nc1cccc(Cl)c1. The molecule has 0 aromatic heterocycles. The Kier molecular flexibility index (Phi) is 5.08. The van der Waals surface area contributed by atoms with Gasteiger partial charge in [-0.3, -0.25) is 13.8 Å². The molecular formula is C12H14ClNO4S. The molecule has 1 aromatic rings. The van der Waals surface area contributed by atoms with Crippen molar-refractivity contribution in [1.29, 1.82) is 0 Å². The van der Waals surface area contributed by atoms with E-state index < -0.39 is 27.4 Å². The van der Waals surface area contributed by atoms with Crippen LogP contribution in [-0.2, 0) is 20.4 Å². The van der Waals surface area contributed by atoms with Crippen LogP contribution in [0.25, 0.3) is 0 Å². The van der Waals surface area contributed by atoms with E-state index in [1.807, 2.05) is 0 Å². The van der Waals surface area contributed by atoms with Gasteiger partial charge >= 0.3 is 5.97 Å². The number of amides is 1. The van der Waals surface area contributed by atoms with Crippen LogP contribution in [0.3, 0.4) is 0 Å². The quantitative estimate of drug-likeness (QED) is 0.870. The first-order valence-electron chi connectivity index (χ1n) is 5.41. The lowest BCUT2D eigenvalue weighted by Crippen LogP contribution is -2.40. The smallest absolute Gasteiger partial charge is 0.321 e. The lowest BCUT2D eigenvalue weighted by molar-refractivity contribution is -0.139. The number of hydrogen-bond acceptors (Lipinski definition) is 3. The molecule has 1 amide bonds. The van der Waals surface area contributed by atoms with Crippen molar-refractivity contribution in [2.24, 2.45) is 0 Å². The largest absolute Gasteiger partial charge is 0.480 e. The number of aliphatic carboxylic acids is 1. The second kappa shape index (κ2) is 6.16. The maximum Gasteiger partial charge on any atom is 0.321 e. The first kappa shape index (κ1) is 15.7. The molecule has 0 aliphatic heterocycles. The van der Waals surface area contributed by atoms with Crippen molar-refractivity contribution in [2.45, 2.75) is 18.6 Å². The minimum Gasteiger partial charge on any atom is -0.480 e. The number of carbonyl (C=O) groups is 2. The number of carboxylic acids is 1. The molecule has 1 atom stereocenters. The maximum absolute atomic E-state index is 11.8. The van der Waals surface area contributed by atoms with Crippen molar-refractivity contribution in [3.63, 3.8) is 0 Å². The number of halogens is 1. The van der Waals surface area contributed by atoms with Gasteiger partial charge in [-0.15, -0.1) is 0 Å². The molecular weight excluding hydrogens is 290 g/mol. The van der Waals surface area contributed by atoms with E-state index in [1.54, 1.807) is 24.3 Å². The van der Waals surface area contributed by atoms with Crippen LogP contribution in [0, 0.1) is 0 Å². The van der Waals surface area contributed by atoms with Crippen LogP contribution < -0.4 is 5.32 Å². The monoisotopic (exact) mass is 303 g/mol. The Hall–Kier alpha value is -1.40. The standard InChI is InChI=1S/C12H14ClNO4S/c1-12(2,11(16)17)19(18)7-10(15)14-9-5-3-4-8(13)6-9/h3-6H,7H2,1-2H3,(H,14,15)(H,16,17). The van der Waals surface area contributed by atoms with Crippen molar-refractivity contribution < 1.29 is 18.9 Å². The molecule has 0 aliphatic rings. The first-order valence-corrected chi connectivity index (χ1v) is 7.10. The first-order chi connectivity index (χ1) is 8.73. The second-order valence-corrected chi connectivity index (χ2v) is 6.80. The predicted molar refractivity (Wildman–Crippen MR) is 74.8 cm³/mol. The van der Waals surface area contributed by atoms with E-state index in [9.17, 15) is 13.8 Å². The molecule has 0 saturated carbocycles. The van der Waals surface area contributed by atoms with Gasteiger partial charge in [0.05, 0.1) is 0 Å². The topological polar surface area (TPSA) is 83.5 Å². The highest BCUT2D eigenvalue weighted by Crippen LogP contribution is 2.16. The Bertz CT molecular complexity index is 530.